The molecule has 8 nitrogen and oxygen atoms in total. The van der Waals surface area contributed by atoms with Crippen molar-refractivity contribution in [3.63, 3.8) is 0 Å². The van der Waals surface area contributed by atoms with E-state index in [4.69, 9.17) is 9.15 Å². The SMILES string of the molecule is CC(/C=N/N=C1\S/C(=C\c2ccccc2OCC(=O)Nc2ccc(C)cc2)C(=O)N1Cc1ccco1)=C\c1ccccc1. The lowest BCUT2D eigenvalue weighted by molar-refractivity contribution is -0.122. The van der Waals surface area contributed by atoms with E-state index in [1.54, 1.807) is 36.8 Å². The van der Waals surface area contributed by atoms with Crippen molar-refractivity contribution in [2.45, 2.75) is 20.4 Å². The van der Waals surface area contributed by atoms with Gasteiger partial charge in [-0.1, -0.05) is 72.3 Å². The van der Waals surface area contributed by atoms with Gasteiger partial charge < -0.3 is 14.5 Å². The Hall–Kier alpha value is -5.15. The largest absolute Gasteiger partial charge is 0.483 e. The molecule has 0 unspecified atom stereocenters. The van der Waals surface area contributed by atoms with Crippen molar-refractivity contribution in [1.82, 2.24) is 4.90 Å². The molecule has 1 aromatic heterocycles. The van der Waals surface area contributed by atoms with E-state index in [1.807, 2.05) is 92.7 Å². The Kier molecular flexibility index (Phi) is 9.66. The summed E-state index contributed by atoms with van der Waals surface area (Å²) in [5, 5.41) is 11.9. The number of benzene rings is 3. The number of aryl methyl sites for hydroxylation is 1. The highest BCUT2D eigenvalue weighted by Crippen LogP contribution is 2.35. The third-order valence-corrected chi connectivity index (χ3v) is 7.28. The first-order valence-corrected chi connectivity index (χ1v) is 14.4. The minimum Gasteiger partial charge on any atom is -0.483 e. The molecule has 5 rings (SSSR count). The van der Waals surface area contributed by atoms with E-state index in [-0.39, 0.29) is 25.0 Å². The van der Waals surface area contributed by atoms with Gasteiger partial charge in [0.25, 0.3) is 11.8 Å². The number of allylic oxidation sites excluding steroid dienone is 1. The summed E-state index contributed by atoms with van der Waals surface area (Å²) in [5.41, 5.74) is 4.43. The van der Waals surface area contributed by atoms with Gasteiger partial charge in [-0.2, -0.15) is 5.10 Å². The highest BCUT2D eigenvalue weighted by molar-refractivity contribution is 8.18. The van der Waals surface area contributed by atoms with Gasteiger partial charge in [-0.3, -0.25) is 14.5 Å². The fourth-order valence-corrected chi connectivity index (χ4v) is 5.07. The number of hydrogen-bond donors (Lipinski definition) is 1. The molecule has 4 aromatic rings. The van der Waals surface area contributed by atoms with Crippen LogP contribution in [0.1, 0.15) is 29.4 Å². The number of hydrogen-bond acceptors (Lipinski definition) is 7. The number of furan rings is 1. The van der Waals surface area contributed by atoms with Gasteiger partial charge in [-0.15, -0.1) is 5.10 Å². The van der Waals surface area contributed by atoms with Crippen molar-refractivity contribution >= 4 is 52.8 Å². The fourth-order valence-electron chi connectivity index (χ4n) is 4.15. The Bertz CT molecular complexity index is 1690. The van der Waals surface area contributed by atoms with Gasteiger partial charge >= 0.3 is 0 Å². The Morgan fingerprint density at radius 2 is 1.77 bits per heavy atom. The van der Waals surface area contributed by atoms with Crippen LogP contribution in [0.3, 0.4) is 0 Å². The zero-order chi connectivity index (χ0) is 30.0. The summed E-state index contributed by atoms with van der Waals surface area (Å²) >= 11 is 1.21. The van der Waals surface area contributed by atoms with Crippen LogP contribution < -0.4 is 10.1 Å². The molecule has 0 saturated carbocycles. The van der Waals surface area contributed by atoms with Crippen LogP contribution in [0.4, 0.5) is 5.69 Å². The van der Waals surface area contributed by atoms with Crippen LogP contribution in [-0.2, 0) is 16.1 Å². The van der Waals surface area contributed by atoms with E-state index in [2.05, 4.69) is 15.5 Å². The average Bonchev–Trinajstić information content (AvgIpc) is 3.63. The first-order valence-electron chi connectivity index (χ1n) is 13.6. The van der Waals surface area contributed by atoms with E-state index in [0.29, 0.717) is 32.8 Å². The second-order valence-electron chi connectivity index (χ2n) is 9.75. The summed E-state index contributed by atoms with van der Waals surface area (Å²) < 4.78 is 11.3. The van der Waals surface area contributed by atoms with Crippen molar-refractivity contribution in [3.05, 3.63) is 130 Å². The van der Waals surface area contributed by atoms with Gasteiger partial charge in [0.15, 0.2) is 11.8 Å². The summed E-state index contributed by atoms with van der Waals surface area (Å²) in [4.78, 5) is 28.0. The number of nitrogens with one attached hydrogen (secondary N) is 1. The molecule has 2 heterocycles. The van der Waals surface area contributed by atoms with Crippen LogP contribution in [0.25, 0.3) is 12.2 Å². The van der Waals surface area contributed by atoms with Gasteiger partial charge in [0.2, 0.25) is 0 Å². The lowest BCUT2D eigenvalue weighted by Crippen LogP contribution is -2.28. The molecule has 1 saturated heterocycles. The van der Waals surface area contributed by atoms with Crippen LogP contribution in [0.5, 0.6) is 5.75 Å². The van der Waals surface area contributed by atoms with Gasteiger partial charge in [0.05, 0.1) is 23.9 Å². The first-order chi connectivity index (χ1) is 20.9. The van der Waals surface area contributed by atoms with Crippen LogP contribution in [-0.4, -0.2) is 34.7 Å². The molecule has 3 aromatic carbocycles. The zero-order valence-corrected chi connectivity index (χ0v) is 24.6. The monoisotopic (exact) mass is 590 g/mol. The van der Waals surface area contributed by atoms with E-state index in [1.165, 1.54) is 16.7 Å². The molecule has 1 aliphatic heterocycles. The molecule has 0 bridgehead atoms. The number of amidine groups is 1. The number of thioether (sulfide) groups is 1. The Morgan fingerprint density at radius 3 is 2.53 bits per heavy atom. The summed E-state index contributed by atoms with van der Waals surface area (Å²) in [6.45, 7) is 3.95. The number of anilines is 1. The standard InChI is InChI=1S/C34H30N4O4S/c1-24-14-16-28(17-15-24)36-32(39)23-42-30-13-7-6-11-27(30)20-31-33(40)38(22-29-12-8-18-41-29)34(43-31)37-35-21-25(2)19-26-9-4-3-5-10-26/h3-21H,22-23H2,1-2H3,(H,36,39)/b25-19+,31-20-,35-21+,37-34-. The van der Waals surface area contributed by atoms with Crippen molar-refractivity contribution in [3.8, 4) is 5.75 Å². The lowest BCUT2D eigenvalue weighted by atomic mass is 10.1. The number of nitrogens with zero attached hydrogens (tertiary/aromatic N) is 3. The minimum atomic E-state index is -0.286. The number of carbonyl (C=O) groups is 2. The second kappa shape index (κ2) is 14.2. The molecule has 43 heavy (non-hydrogen) atoms. The molecule has 1 fully saturated rings. The minimum absolute atomic E-state index is 0.183. The molecule has 216 valence electrons. The Balaban J connectivity index is 1.33. The van der Waals surface area contributed by atoms with Gasteiger partial charge in [0, 0.05) is 11.3 Å². The number of ether oxygens (including phenoxy) is 1. The predicted molar refractivity (Wildman–Crippen MR) is 173 cm³/mol. The maximum atomic E-state index is 13.5. The summed E-state index contributed by atoms with van der Waals surface area (Å²) in [5.74, 6) is 0.574. The second-order valence-corrected chi connectivity index (χ2v) is 10.8. The summed E-state index contributed by atoms with van der Waals surface area (Å²) in [7, 11) is 0. The van der Waals surface area contributed by atoms with E-state index < -0.39 is 0 Å². The molecule has 9 heteroatoms. The number of para-hydroxylation sites is 1. The van der Waals surface area contributed by atoms with Crippen LogP contribution in [0.15, 0.2) is 122 Å². The maximum Gasteiger partial charge on any atom is 0.267 e. The predicted octanol–water partition coefficient (Wildman–Crippen LogP) is 7.17. The lowest BCUT2D eigenvalue weighted by Gasteiger charge is -2.12. The van der Waals surface area contributed by atoms with Crippen molar-refractivity contribution in [2.75, 3.05) is 11.9 Å². The van der Waals surface area contributed by atoms with Crippen molar-refractivity contribution < 1.29 is 18.7 Å². The molecular weight excluding hydrogens is 560 g/mol. The van der Waals surface area contributed by atoms with Gasteiger partial charge in [-0.05, 0) is 73.2 Å². The highest BCUT2D eigenvalue weighted by Gasteiger charge is 2.34. The van der Waals surface area contributed by atoms with E-state index in [0.717, 1.165) is 16.7 Å². The van der Waals surface area contributed by atoms with Crippen LogP contribution in [0.2, 0.25) is 0 Å². The molecule has 1 N–H and O–H groups in total. The molecule has 0 radical (unpaired) electrons. The third-order valence-electron chi connectivity index (χ3n) is 6.28. The molecule has 2 amide bonds. The number of carbonyl (C=O) groups excluding carboxylic acids is 2. The quantitative estimate of drug-likeness (QED) is 0.120. The smallest absolute Gasteiger partial charge is 0.267 e. The highest BCUT2D eigenvalue weighted by atomic mass is 32.2. The molecule has 0 aliphatic carbocycles. The van der Waals surface area contributed by atoms with Crippen molar-refractivity contribution in [2.24, 2.45) is 10.2 Å². The number of amides is 2. The van der Waals surface area contributed by atoms with Crippen LogP contribution >= 0.6 is 11.8 Å². The third kappa shape index (κ3) is 8.21. The molecular formula is C34H30N4O4S. The van der Waals surface area contributed by atoms with Crippen molar-refractivity contribution in [1.29, 1.82) is 0 Å². The summed E-state index contributed by atoms with van der Waals surface area (Å²) in [6.07, 6.45) is 6.96. The number of rotatable bonds is 10. The van der Waals surface area contributed by atoms with Gasteiger partial charge in [0.1, 0.15) is 11.5 Å². The maximum absolute atomic E-state index is 13.5. The molecule has 1 aliphatic rings. The Morgan fingerprint density at radius 1 is 1.00 bits per heavy atom. The fraction of sp³-hybridized carbons (Fsp3) is 0.118. The average molecular weight is 591 g/mol. The van der Waals surface area contributed by atoms with E-state index in [9.17, 15) is 9.59 Å². The topological polar surface area (TPSA) is 96.5 Å². The Labute approximate surface area is 254 Å². The normalized spacial score (nSPS) is 15.5. The zero-order valence-electron chi connectivity index (χ0n) is 23.8. The summed E-state index contributed by atoms with van der Waals surface area (Å²) in [6, 6.07) is 28.3. The molecule has 0 atom stereocenters. The first kappa shape index (κ1) is 29.3. The van der Waals surface area contributed by atoms with E-state index >= 15 is 0 Å². The van der Waals surface area contributed by atoms with Crippen LogP contribution in [0, 0.1) is 6.92 Å². The molecule has 0 spiro atoms. The van der Waals surface area contributed by atoms with Gasteiger partial charge in [-0.25, -0.2) is 0 Å².